The van der Waals surface area contributed by atoms with Gasteiger partial charge in [-0.2, -0.15) is 13.2 Å². The molecule has 152 valence electrons. The molecule has 2 N–H and O–H groups in total. The van der Waals surface area contributed by atoms with Crippen LogP contribution in [0.1, 0.15) is 15.9 Å². The van der Waals surface area contributed by atoms with Crippen molar-refractivity contribution >= 4 is 44.5 Å². The van der Waals surface area contributed by atoms with Crippen LogP contribution in [-0.4, -0.2) is 26.0 Å². The van der Waals surface area contributed by atoms with Crippen LogP contribution >= 0.6 is 27.5 Å². The minimum atomic E-state index is -4.47. The number of H-pyrrole nitrogens is 1. The van der Waals surface area contributed by atoms with Gasteiger partial charge in [0.15, 0.2) is 0 Å². The Morgan fingerprint density at radius 3 is 2.37 bits per heavy atom. The summed E-state index contributed by atoms with van der Waals surface area (Å²) in [4.78, 5) is 22.4. The number of halogens is 5. The van der Waals surface area contributed by atoms with Gasteiger partial charge in [0.05, 0.1) is 27.4 Å². The van der Waals surface area contributed by atoms with Crippen molar-refractivity contribution in [3.63, 3.8) is 0 Å². The molecule has 0 bridgehead atoms. The van der Waals surface area contributed by atoms with Crippen LogP contribution in [0.4, 0.5) is 13.2 Å². The number of pyridine rings is 1. The molecule has 0 spiro atoms. The van der Waals surface area contributed by atoms with E-state index in [1.54, 1.807) is 24.3 Å². The zero-order valence-electron chi connectivity index (χ0n) is 14.8. The number of nitrogens with zero attached hydrogens (tertiary/aromatic N) is 2. The van der Waals surface area contributed by atoms with E-state index in [2.05, 4.69) is 30.9 Å². The molecule has 5 nitrogen and oxygen atoms in total. The van der Waals surface area contributed by atoms with E-state index in [0.29, 0.717) is 28.2 Å². The summed E-state index contributed by atoms with van der Waals surface area (Å²) in [5.74, 6) is -0.729. The summed E-state index contributed by atoms with van der Waals surface area (Å²) in [7, 11) is 0. The third kappa shape index (κ3) is 3.78. The van der Waals surface area contributed by atoms with Crippen molar-refractivity contribution in [3.05, 3.63) is 69.3 Å². The van der Waals surface area contributed by atoms with Crippen LogP contribution in [0.3, 0.4) is 0 Å². The van der Waals surface area contributed by atoms with E-state index in [9.17, 15) is 18.0 Å². The number of alkyl halides is 3. The molecule has 0 saturated heterocycles. The Hall–Kier alpha value is -2.91. The molecular weight excluding hydrogens is 487 g/mol. The third-order valence-electron chi connectivity index (χ3n) is 4.39. The zero-order valence-corrected chi connectivity index (χ0v) is 17.1. The van der Waals surface area contributed by atoms with Crippen LogP contribution in [-0.2, 0) is 6.18 Å². The molecule has 0 radical (unpaired) electrons. The van der Waals surface area contributed by atoms with E-state index in [-0.39, 0.29) is 20.6 Å². The number of carboxylic acids is 1. The number of benzene rings is 2. The summed E-state index contributed by atoms with van der Waals surface area (Å²) in [6, 6.07) is 10.2. The third-order valence-corrected chi connectivity index (χ3v) is 5.28. The molecule has 0 aliphatic rings. The smallest absolute Gasteiger partial charge is 0.416 e. The summed E-state index contributed by atoms with van der Waals surface area (Å²) >= 11 is 9.29. The number of fused-ring (bicyclic) bond motifs is 1. The van der Waals surface area contributed by atoms with Crippen molar-refractivity contribution < 1.29 is 23.1 Å². The Morgan fingerprint density at radius 1 is 1.10 bits per heavy atom. The van der Waals surface area contributed by atoms with Crippen LogP contribution in [0.15, 0.2) is 53.1 Å². The second kappa shape index (κ2) is 7.41. The lowest BCUT2D eigenvalue weighted by Crippen LogP contribution is -2.04. The van der Waals surface area contributed by atoms with Crippen LogP contribution in [0.2, 0.25) is 5.02 Å². The topological polar surface area (TPSA) is 78.9 Å². The quantitative estimate of drug-likeness (QED) is 0.343. The van der Waals surface area contributed by atoms with Gasteiger partial charge in [-0.25, -0.2) is 9.78 Å². The van der Waals surface area contributed by atoms with Crippen molar-refractivity contribution in [2.75, 3.05) is 0 Å². The van der Waals surface area contributed by atoms with Gasteiger partial charge >= 0.3 is 12.1 Å². The average molecular weight is 497 g/mol. The number of aromatic amines is 1. The lowest BCUT2D eigenvalue weighted by atomic mass is 10.1. The Balaban J connectivity index is 1.70. The molecule has 0 unspecified atom stereocenters. The maximum absolute atomic E-state index is 13.0. The second-order valence-corrected chi connectivity index (χ2v) is 7.64. The molecule has 0 atom stereocenters. The van der Waals surface area contributed by atoms with E-state index in [1.165, 1.54) is 12.3 Å². The highest BCUT2D eigenvalue weighted by molar-refractivity contribution is 9.10. The van der Waals surface area contributed by atoms with Crippen molar-refractivity contribution in [1.82, 2.24) is 15.0 Å². The number of imidazole rings is 1. The monoisotopic (exact) mass is 495 g/mol. The summed E-state index contributed by atoms with van der Waals surface area (Å²) in [5, 5.41) is 9.19. The average Bonchev–Trinajstić information content (AvgIpc) is 3.12. The minimum Gasteiger partial charge on any atom is -0.478 e. The molecule has 0 saturated carbocycles. The highest BCUT2D eigenvalue weighted by atomic mass is 79.9. The predicted molar refractivity (Wildman–Crippen MR) is 109 cm³/mol. The second-order valence-electron chi connectivity index (χ2n) is 6.37. The van der Waals surface area contributed by atoms with Crippen molar-refractivity contribution in [3.8, 4) is 22.6 Å². The molecule has 2 heterocycles. The summed E-state index contributed by atoms with van der Waals surface area (Å²) < 4.78 is 39.3. The fraction of sp³-hybridized carbons (Fsp3) is 0.0500. The van der Waals surface area contributed by atoms with Crippen molar-refractivity contribution in [1.29, 1.82) is 0 Å². The number of hydrogen-bond acceptors (Lipinski definition) is 3. The Kier molecular flexibility index (Phi) is 5.03. The number of carboxylic acid groups (broad SMARTS) is 1. The van der Waals surface area contributed by atoms with Gasteiger partial charge in [-0.3, -0.25) is 4.98 Å². The molecule has 4 rings (SSSR count). The number of aromatic nitrogens is 3. The first-order valence-electron chi connectivity index (χ1n) is 8.39. The van der Waals surface area contributed by atoms with Crippen LogP contribution in [0.25, 0.3) is 33.7 Å². The molecule has 2 aromatic heterocycles. The molecule has 0 aliphatic heterocycles. The molecule has 0 amide bonds. The van der Waals surface area contributed by atoms with Gasteiger partial charge in [-0.05, 0) is 34.1 Å². The number of rotatable bonds is 3. The van der Waals surface area contributed by atoms with Crippen LogP contribution in [0.5, 0.6) is 0 Å². The van der Waals surface area contributed by atoms with E-state index in [0.717, 1.165) is 12.1 Å². The minimum absolute atomic E-state index is 0.0218. The standard InChI is InChI=1S/C20H10BrClF3N3O2/c21-13-6-12(20(23,24)25)7-15-17(13)28-18(27-15)10-3-1-9(2-4-10)16-14(22)5-11(8-26-16)19(29)30/h1-8H,(H,27,28)(H,29,30). The van der Waals surface area contributed by atoms with Gasteiger partial charge in [-0.1, -0.05) is 35.9 Å². The highest BCUT2D eigenvalue weighted by Gasteiger charge is 2.31. The van der Waals surface area contributed by atoms with Gasteiger partial charge in [0, 0.05) is 21.8 Å². The lowest BCUT2D eigenvalue weighted by molar-refractivity contribution is -0.137. The molecule has 4 aromatic rings. The number of carbonyl (C=O) groups is 1. The zero-order chi connectivity index (χ0) is 21.6. The molecular formula is C20H10BrClF3N3O2. The van der Waals surface area contributed by atoms with Crippen LogP contribution < -0.4 is 0 Å². The summed E-state index contributed by atoms with van der Waals surface area (Å²) in [5.41, 5.74) is 1.55. The highest BCUT2D eigenvalue weighted by Crippen LogP contribution is 2.36. The molecule has 30 heavy (non-hydrogen) atoms. The van der Waals surface area contributed by atoms with Gasteiger partial charge < -0.3 is 10.1 Å². The molecule has 0 fully saturated rings. The number of nitrogens with one attached hydrogen (secondary N) is 1. The van der Waals surface area contributed by atoms with E-state index in [4.69, 9.17) is 16.7 Å². The molecule has 10 heteroatoms. The molecule has 0 aliphatic carbocycles. The Labute approximate surface area is 180 Å². The maximum Gasteiger partial charge on any atom is 0.416 e. The summed E-state index contributed by atoms with van der Waals surface area (Å²) in [6.07, 6.45) is -3.25. The largest absolute Gasteiger partial charge is 0.478 e. The van der Waals surface area contributed by atoms with Crippen molar-refractivity contribution in [2.24, 2.45) is 0 Å². The SMILES string of the molecule is O=C(O)c1cnc(-c2ccc(-c3nc4c(Br)cc(C(F)(F)F)cc4[nH]3)cc2)c(Cl)c1. The Morgan fingerprint density at radius 2 is 1.77 bits per heavy atom. The first-order valence-corrected chi connectivity index (χ1v) is 9.56. The summed E-state index contributed by atoms with van der Waals surface area (Å²) in [6.45, 7) is 0. The Bertz CT molecular complexity index is 1290. The lowest BCUT2D eigenvalue weighted by Gasteiger charge is -2.06. The van der Waals surface area contributed by atoms with E-state index < -0.39 is 17.7 Å². The van der Waals surface area contributed by atoms with Gasteiger partial charge in [0.2, 0.25) is 0 Å². The maximum atomic E-state index is 13.0. The van der Waals surface area contributed by atoms with E-state index >= 15 is 0 Å². The first kappa shape index (κ1) is 20.4. The fourth-order valence-electron chi connectivity index (χ4n) is 2.93. The van der Waals surface area contributed by atoms with Gasteiger partial charge in [0.25, 0.3) is 0 Å². The van der Waals surface area contributed by atoms with E-state index in [1.807, 2.05) is 0 Å². The predicted octanol–water partition coefficient (Wildman–Crippen LogP) is 6.42. The first-order chi connectivity index (χ1) is 14.1. The van der Waals surface area contributed by atoms with Gasteiger partial charge in [0.1, 0.15) is 11.3 Å². The van der Waals surface area contributed by atoms with Gasteiger partial charge in [-0.15, -0.1) is 0 Å². The fourth-order valence-corrected chi connectivity index (χ4v) is 3.75. The number of hydrogen-bond donors (Lipinski definition) is 2. The normalized spacial score (nSPS) is 11.8. The number of aromatic carboxylic acids is 1. The van der Waals surface area contributed by atoms with Crippen molar-refractivity contribution in [2.45, 2.75) is 6.18 Å². The van der Waals surface area contributed by atoms with Crippen LogP contribution in [0, 0.1) is 0 Å². The molecule has 2 aromatic carbocycles.